The molecule has 1 rings (SSSR count). The number of aliphatic carboxylic acids is 2. The van der Waals surface area contributed by atoms with E-state index in [2.05, 4.69) is 10.6 Å². The lowest BCUT2D eigenvalue weighted by atomic mass is 10.1. The van der Waals surface area contributed by atoms with Gasteiger partial charge in [-0.3, -0.25) is 19.2 Å². The average molecular weight is 380 g/mol. The summed E-state index contributed by atoms with van der Waals surface area (Å²) in [7, 11) is 0. The van der Waals surface area contributed by atoms with Crippen molar-refractivity contribution in [1.82, 2.24) is 0 Å². The summed E-state index contributed by atoms with van der Waals surface area (Å²) in [6.45, 7) is -0.155. The van der Waals surface area contributed by atoms with E-state index >= 15 is 0 Å². The summed E-state index contributed by atoms with van der Waals surface area (Å²) in [5.41, 5.74) is 1.57. The molecule has 9 heteroatoms. The molecule has 1 aromatic rings. The summed E-state index contributed by atoms with van der Waals surface area (Å²) in [6, 6.07) is 4.80. The van der Waals surface area contributed by atoms with E-state index in [1.807, 2.05) is 0 Å². The molecule has 2 amide bonds. The minimum atomic E-state index is -0.966. The molecule has 9 nitrogen and oxygen atoms in total. The van der Waals surface area contributed by atoms with E-state index in [-0.39, 0.29) is 63.4 Å². The van der Waals surface area contributed by atoms with Gasteiger partial charge in [0.2, 0.25) is 11.8 Å². The normalized spacial score (nSPS) is 10.3. The lowest BCUT2D eigenvalue weighted by molar-refractivity contribution is -0.138. The van der Waals surface area contributed by atoms with Gasteiger partial charge in [-0.05, 0) is 43.0 Å². The van der Waals surface area contributed by atoms with Crippen molar-refractivity contribution < 1.29 is 34.5 Å². The van der Waals surface area contributed by atoms with Gasteiger partial charge in [0.15, 0.2) is 0 Å². The van der Waals surface area contributed by atoms with Crippen LogP contribution in [0.4, 0.5) is 11.4 Å². The van der Waals surface area contributed by atoms with Crippen LogP contribution in [0.1, 0.15) is 44.1 Å². The number of aliphatic hydroxyl groups is 1. The second kappa shape index (κ2) is 11.6. The van der Waals surface area contributed by atoms with E-state index in [1.54, 1.807) is 18.2 Å². The second-order valence-electron chi connectivity index (χ2n) is 5.94. The maximum Gasteiger partial charge on any atom is 0.303 e. The number of hydrogen-bond acceptors (Lipinski definition) is 5. The highest BCUT2D eigenvalue weighted by Gasteiger charge is 2.11. The molecule has 0 heterocycles. The van der Waals surface area contributed by atoms with Crippen molar-refractivity contribution in [3.05, 3.63) is 23.8 Å². The van der Waals surface area contributed by atoms with Crippen LogP contribution in [-0.4, -0.2) is 45.7 Å². The third kappa shape index (κ3) is 9.36. The number of hydrogen-bond donors (Lipinski definition) is 5. The summed E-state index contributed by atoms with van der Waals surface area (Å²) in [5.74, 6) is -2.58. The summed E-state index contributed by atoms with van der Waals surface area (Å²) < 4.78 is 0. The summed E-state index contributed by atoms with van der Waals surface area (Å²) in [6.07, 6.45) is 0.667. The first-order chi connectivity index (χ1) is 12.8. The molecule has 148 valence electrons. The summed E-state index contributed by atoms with van der Waals surface area (Å²) in [5, 5.41) is 31.7. The molecule has 1 aromatic carbocycles. The van der Waals surface area contributed by atoms with Gasteiger partial charge in [0.05, 0.1) is 0 Å². The monoisotopic (exact) mass is 380 g/mol. The number of benzene rings is 1. The van der Waals surface area contributed by atoms with Gasteiger partial charge in [-0.25, -0.2) is 0 Å². The Labute approximate surface area is 156 Å². The Hall–Kier alpha value is -2.94. The van der Waals surface area contributed by atoms with Crippen LogP contribution in [0.15, 0.2) is 18.2 Å². The van der Waals surface area contributed by atoms with Gasteiger partial charge in [0, 0.05) is 43.7 Å². The van der Waals surface area contributed by atoms with Crippen molar-refractivity contribution in [3.63, 3.8) is 0 Å². The molecule has 0 unspecified atom stereocenters. The molecule has 0 fully saturated rings. The number of carboxylic acids is 2. The molecule has 0 saturated carbocycles. The number of carbonyl (C=O) groups excluding carboxylic acids is 2. The van der Waals surface area contributed by atoms with Gasteiger partial charge >= 0.3 is 11.9 Å². The SMILES string of the molecule is O=C(O)CCCC(=O)Nc1ccc(NC(=O)CCCC(=O)O)c(CCO)c1. The van der Waals surface area contributed by atoms with Gasteiger partial charge < -0.3 is 26.0 Å². The molecule has 0 aromatic heterocycles. The molecule has 0 saturated heterocycles. The van der Waals surface area contributed by atoms with Crippen LogP contribution in [0.25, 0.3) is 0 Å². The molecular formula is C18H24N2O7. The Balaban J connectivity index is 2.67. The Kier molecular flexibility index (Phi) is 9.52. The largest absolute Gasteiger partial charge is 0.481 e. The molecule has 0 bridgehead atoms. The van der Waals surface area contributed by atoms with Crippen molar-refractivity contribution in [2.45, 2.75) is 44.9 Å². The van der Waals surface area contributed by atoms with Crippen LogP contribution in [0.2, 0.25) is 0 Å². The number of nitrogens with one attached hydrogen (secondary N) is 2. The first-order valence-corrected chi connectivity index (χ1v) is 8.59. The lowest BCUT2D eigenvalue weighted by Crippen LogP contribution is -2.15. The Morgan fingerprint density at radius 3 is 1.89 bits per heavy atom. The standard InChI is InChI=1S/C18H24N2O7/c21-10-9-12-11-13(19-15(22)3-1-5-17(24)25)7-8-14(12)20-16(23)4-2-6-18(26)27/h7-8,11,21H,1-6,9-10H2,(H,19,22)(H,20,23)(H,24,25)(H,26,27). The van der Waals surface area contributed by atoms with Gasteiger partial charge in [-0.2, -0.15) is 0 Å². The fourth-order valence-electron chi connectivity index (χ4n) is 2.36. The molecule has 0 atom stereocenters. The number of carbonyl (C=O) groups is 4. The summed E-state index contributed by atoms with van der Waals surface area (Å²) >= 11 is 0. The fraction of sp³-hybridized carbons (Fsp3) is 0.444. The second-order valence-corrected chi connectivity index (χ2v) is 5.94. The lowest BCUT2D eigenvalue weighted by Gasteiger charge is -2.13. The van der Waals surface area contributed by atoms with Gasteiger partial charge in [0.25, 0.3) is 0 Å². The molecule has 5 N–H and O–H groups in total. The third-order valence-electron chi connectivity index (χ3n) is 3.63. The van der Waals surface area contributed by atoms with Gasteiger partial charge in [0.1, 0.15) is 0 Å². The Bertz CT molecular complexity index is 688. The van der Waals surface area contributed by atoms with Crippen LogP contribution in [0.5, 0.6) is 0 Å². The van der Waals surface area contributed by atoms with Gasteiger partial charge in [-0.1, -0.05) is 0 Å². The molecule has 0 radical (unpaired) electrons. The molecule has 0 aliphatic carbocycles. The first kappa shape index (κ1) is 22.1. The highest BCUT2D eigenvalue weighted by molar-refractivity contribution is 5.94. The zero-order chi connectivity index (χ0) is 20.2. The van der Waals surface area contributed by atoms with E-state index in [9.17, 15) is 24.3 Å². The van der Waals surface area contributed by atoms with Crippen LogP contribution in [0.3, 0.4) is 0 Å². The van der Waals surface area contributed by atoms with Crippen molar-refractivity contribution in [2.75, 3.05) is 17.2 Å². The number of carboxylic acid groups (broad SMARTS) is 2. The number of rotatable bonds is 12. The van der Waals surface area contributed by atoms with Crippen molar-refractivity contribution in [2.24, 2.45) is 0 Å². The Morgan fingerprint density at radius 2 is 1.37 bits per heavy atom. The van der Waals surface area contributed by atoms with Crippen molar-refractivity contribution in [1.29, 1.82) is 0 Å². The maximum atomic E-state index is 11.9. The molecule has 0 aliphatic rings. The summed E-state index contributed by atoms with van der Waals surface area (Å²) in [4.78, 5) is 44.7. The third-order valence-corrected chi connectivity index (χ3v) is 3.63. The van der Waals surface area contributed by atoms with Crippen molar-refractivity contribution in [3.8, 4) is 0 Å². The van der Waals surface area contributed by atoms with Crippen LogP contribution < -0.4 is 10.6 Å². The van der Waals surface area contributed by atoms with E-state index in [4.69, 9.17) is 10.2 Å². The Morgan fingerprint density at radius 1 is 0.815 bits per heavy atom. The number of aliphatic hydroxyl groups excluding tert-OH is 1. The highest BCUT2D eigenvalue weighted by Crippen LogP contribution is 2.22. The predicted molar refractivity (Wildman–Crippen MR) is 97.5 cm³/mol. The minimum absolute atomic E-state index is 0.0624. The molecule has 0 aliphatic heterocycles. The zero-order valence-corrected chi connectivity index (χ0v) is 14.9. The van der Waals surface area contributed by atoms with Crippen LogP contribution >= 0.6 is 0 Å². The number of amides is 2. The number of anilines is 2. The maximum absolute atomic E-state index is 11.9. The molecular weight excluding hydrogens is 356 g/mol. The van der Waals surface area contributed by atoms with Crippen LogP contribution in [0, 0.1) is 0 Å². The molecule has 27 heavy (non-hydrogen) atoms. The minimum Gasteiger partial charge on any atom is -0.481 e. The first-order valence-electron chi connectivity index (χ1n) is 8.59. The zero-order valence-electron chi connectivity index (χ0n) is 14.9. The predicted octanol–water partition coefficient (Wildman–Crippen LogP) is 1.61. The quantitative estimate of drug-likeness (QED) is 0.369. The van der Waals surface area contributed by atoms with E-state index in [0.29, 0.717) is 16.9 Å². The van der Waals surface area contributed by atoms with E-state index in [0.717, 1.165) is 0 Å². The van der Waals surface area contributed by atoms with E-state index in [1.165, 1.54) is 0 Å². The average Bonchev–Trinajstić information content (AvgIpc) is 2.56. The topological polar surface area (TPSA) is 153 Å². The highest BCUT2D eigenvalue weighted by atomic mass is 16.4. The van der Waals surface area contributed by atoms with Crippen molar-refractivity contribution >= 4 is 35.1 Å². The fourth-order valence-corrected chi connectivity index (χ4v) is 2.36. The van der Waals surface area contributed by atoms with E-state index < -0.39 is 11.9 Å². The van der Waals surface area contributed by atoms with Gasteiger partial charge in [-0.15, -0.1) is 0 Å². The smallest absolute Gasteiger partial charge is 0.303 e. The van der Waals surface area contributed by atoms with Crippen LogP contribution in [-0.2, 0) is 25.6 Å². The molecule has 0 spiro atoms.